The molecule has 2 fully saturated rings. The summed E-state index contributed by atoms with van der Waals surface area (Å²) < 4.78 is 5.30. The Labute approximate surface area is 155 Å². The highest BCUT2D eigenvalue weighted by Crippen LogP contribution is 2.59. The van der Waals surface area contributed by atoms with Crippen LogP contribution in [0.3, 0.4) is 0 Å². The van der Waals surface area contributed by atoms with Crippen LogP contribution in [-0.4, -0.2) is 43.0 Å². The van der Waals surface area contributed by atoms with E-state index in [1.54, 1.807) is 17.0 Å². The zero-order chi connectivity index (χ0) is 18.9. The van der Waals surface area contributed by atoms with Crippen molar-refractivity contribution < 1.29 is 14.3 Å². The lowest BCUT2D eigenvalue weighted by Gasteiger charge is -2.27. The van der Waals surface area contributed by atoms with Crippen molar-refractivity contribution in [1.82, 2.24) is 4.90 Å². The number of anilines is 1. The van der Waals surface area contributed by atoms with E-state index in [1.807, 2.05) is 12.1 Å². The number of amides is 2. The van der Waals surface area contributed by atoms with E-state index in [0.29, 0.717) is 37.6 Å². The predicted octanol–water partition coefficient (Wildman–Crippen LogP) is 3.34. The molecule has 140 valence electrons. The standard InChI is InChI=1S/C21H28N2O3/c1-14(2)12-17-18(21(17,3)4)19(24)22-16-7-5-6-15(13-16)20(25)23-8-10-26-11-9-23/h5-7,12-13,17-18H,8-11H2,1-4H3,(H,22,24)/t17-,18+/m1/s1. The van der Waals surface area contributed by atoms with Crippen LogP contribution in [-0.2, 0) is 9.53 Å². The Morgan fingerprint density at radius 3 is 2.58 bits per heavy atom. The molecule has 3 rings (SSSR count). The normalized spacial score (nSPS) is 23.9. The summed E-state index contributed by atoms with van der Waals surface area (Å²) in [5, 5.41) is 3.00. The van der Waals surface area contributed by atoms with E-state index < -0.39 is 0 Å². The molecule has 0 radical (unpaired) electrons. The SMILES string of the molecule is CC(C)=C[C@@H]1[C@@H](C(=O)Nc2cccc(C(=O)N3CCOCC3)c2)C1(C)C. The number of hydrogen-bond donors (Lipinski definition) is 1. The fraction of sp³-hybridized carbons (Fsp3) is 0.524. The molecule has 1 aromatic carbocycles. The highest BCUT2D eigenvalue weighted by Gasteiger charge is 2.60. The molecule has 1 N–H and O–H groups in total. The second kappa shape index (κ2) is 7.23. The van der Waals surface area contributed by atoms with Crippen LogP contribution in [0, 0.1) is 17.3 Å². The average molecular weight is 356 g/mol. The maximum absolute atomic E-state index is 12.7. The van der Waals surface area contributed by atoms with Crippen molar-refractivity contribution in [3.05, 3.63) is 41.5 Å². The van der Waals surface area contributed by atoms with E-state index in [1.165, 1.54) is 5.57 Å². The number of allylic oxidation sites excluding steroid dienone is 2. The Balaban J connectivity index is 1.68. The molecule has 1 aromatic rings. The van der Waals surface area contributed by atoms with Crippen LogP contribution in [0.4, 0.5) is 5.69 Å². The second-order valence-electron chi connectivity index (χ2n) is 8.04. The van der Waals surface area contributed by atoms with Gasteiger partial charge in [0.05, 0.1) is 19.1 Å². The third-order valence-electron chi connectivity index (χ3n) is 5.38. The molecular weight excluding hydrogens is 328 g/mol. The summed E-state index contributed by atoms with van der Waals surface area (Å²) in [6.07, 6.45) is 2.18. The number of benzene rings is 1. The van der Waals surface area contributed by atoms with Crippen molar-refractivity contribution in [2.45, 2.75) is 27.7 Å². The summed E-state index contributed by atoms with van der Waals surface area (Å²) in [6, 6.07) is 7.20. The minimum absolute atomic E-state index is 0.0152. The van der Waals surface area contributed by atoms with Gasteiger partial charge in [-0.3, -0.25) is 9.59 Å². The third kappa shape index (κ3) is 3.83. The minimum Gasteiger partial charge on any atom is -0.378 e. The number of nitrogens with one attached hydrogen (secondary N) is 1. The van der Waals surface area contributed by atoms with Gasteiger partial charge in [0.1, 0.15) is 0 Å². The molecule has 26 heavy (non-hydrogen) atoms. The zero-order valence-electron chi connectivity index (χ0n) is 16.0. The monoisotopic (exact) mass is 356 g/mol. The number of carbonyl (C=O) groups excluding carboxylic acids is 2. The molecule has 5 heteroatoms. The van der Waals surface area contributed by atoms with E-state index in [0.717, 1.165) is 0 Å². The first-order chi connectivity index (χ1) is 12.3. The second-order valence-corrected chi connectivity index (χ2v) is 8.04. The molecule has 1 heterocycles. The first-order valence-corrected chi connectivity index (χ1v) is 9.23. The number of hydrogen-bond acceptors (Lipinski definition) is 3. The van der Waals surface area contributed by atoms with Crippen molar-refractivity contribution in [3.63, 3.8) is 0 Å². The van der Waals surface area contributed by atoms with Gasteiger partial charge < -0.3 is 15.0 Å². The number of rotatable bonds is 4. The topological polar surface area (TPSA) is 58.6 Å². The van der Waals surface area contributed by atoms with Gasteiger partial charge in [0, 0.05) is 24.3 Å². The third-order valence-corrected chi connectivity index (χ3v) is 5.38. The van der Waals surface area contributed by atoms with Crippen LogP contribution in [0.15, 0.2) is 35.9 Å². The van der Waals surface area contributed by atoms with Crippen molar-refractivity contribution in [2.75, 3.05) is 31.6 Å². The van der Waals surface area contributed by atoms with Gasteiger partial charge >= 0.3 is 0 Å². The highest BCUT2D eigenvalue weighted by molar-refractivity contribution is 5.99. The van der Waals surface area contributed by atoms with Crippen LogP contribution in [0.2, 0.25) is 0 Å². The number of morpholine rings is 1. The van der Waals surface area contributed by atoms with E-state index in [4.69, 9.17) is 4.74 Å². The fourth-order valence-corrected chi connectivity index (χ4v) is 3.75. The van der Waals surface area contributed by atoms with Gasteiger partial charge in [0.2, 0.25) is 5.91 Å². The Morgan fingerprint density at radius 1 is 1.23 bits per heavy atom. The zero-order valence-corrected chi connectivity index (χ0v) is 16.0. The molecule has 1 saturated heterocycles. The summed E-state index contributed by atoms with van der Waals surface area (Å²) in [5.74, 6) is 0.244. The molecule has 0 aromatic heterocycles. The lowest BCUT2D eigenvalue weighted by Crippen LogP contribution is -2.40. The average Bonchev–Trinajstić information content (AvgIpc) is 3.14. The van der Waals surface area contributed by atoms with Crippen molar-refractivity contribution in [3.8, 4) is 0 Å². The van der Waals surface area contributed by atoms with Crippen LogP contribution in [0.25, 0.3) is 0 Å². The van der Waals surface area contributed by atoms with Gasteiger partial charge in [-0.25, -0.2) is 0 Å². The summed E-state index contributed by atoms with van der Waals surface area (Å²) in [6.45, 7) is 10.7. The first-order valence-electron chi connectivity index (χ1n) is 9.23. The Hall–Kier alpha value is -2.14. The molecule has 1 aliphatic carbocycles. The summed E-state index contributed by atoms with van der Waals surface area (Å²) >= 11 is 0. The van der Waals surface area contributed by atoms with Gasteiger partial charge in [-0.2, -0.15) is 0 Å². The summed E-state index contributed by atoms with van der Waals surface area (Å²) in [4.78, 5) is 27.1. The van der Waals surface area contributed by atoms with Crippen LogP contribution in [0.5, 0.6) is 0 Å². The molecule has 1 aliphatic heterocycles. The van der Waals surface area contributed by atoms with E-state index in [-0.39, 0.29) is 29.1 Å². The summed E-state index contributed by atoms with van der Waals surface area (Å²) in [5.41, 5.74) is 2.48. The Kier molecular flexibility index (Phi) is 5.19. The van der Waals surface area contributed by atoms with Crippen molar-refractivity contribution in [1.29, 1.82) is 0 Å². The van der Waals surface area contributed by atoms with E-state index >= 15 is 0 Å². The Bertz CT molecular complexity index is 729. The van der Waals surface area contributed by atoms with Gasteiger partial charge in [0.25, 0.3) is 5.91 Å². The maximum atomic E-state index is 12.7. The number of ether oxygens (including phenoxy) is 1. The fourth-order valence-electron chi connectivity index (χ4n) is 3.75. The number of nitrogens with zero attached hydrogens (tertiary/aromatic N) is 1. The highest BCUT2D eigenvalue weighted by atomic mass is 16.5. The minimum atomic E-state index is -0.0315. The molecular formula is C21H28N2O3. The molecule has 0 spiro atoms. The largest absolute Gasteiger partial charge is 0.378 e. The molecule has 1 saturated carbocycles. The molecule has 2 atom stereocenters. The smallest absolute Gasteiger partial charge is 0.254 e. The lowest BCUT2D eigenvalue weighted by molar-refractivity contribution is -0.118. The molecule has 0 bridgehead atoms. The summed E-state index contributed by atoms with van der Waals surface area (Å²) in [7, 11) is 0. The van der Waals surface area contributed by atoms with Crippen LogP contribution < -0.4 is 5.32 Å². The molecule has 2 amide bonds. The van der Waals surface area contributed by atoms with Gasteiger partial charge in [0.15, 0.2) is 0 Å². The van der Waals surface area contributed by atoms with Gasteiger partial charge in [-0.1, -0.05) is 31.6 Å². The molecule has 5 nitrogen and oxygen atoms in total. The first kappa shape index (κ1) is 18.6. The quantitative estimate of drug-likeness (QED) is 0.842. The van der Waals surface area contributed by atoms with Crippen molar-refractivity contribution in [2.24, 2.45) is 17.3 Å². The molecule has 2 aliphatic rings. The molecule has 0 unspecified atom stereocenters. The van der Waals surface area contributed by atoms with Crippen LogP contribution >= 0.6 is 0 Å². The van der Waals surface area contributed by atoms with Gasteiger partial charge in [-0.05, 0) is 43.4 Å². The predicted molar refractivity (Wildman–Crippen MR) is 102 cm³/mol. The van der Waals surface area contributed by atoms with Crippen LogP contribution in [0.1, 0.15) is 38.1 Å². The Morgan fingerprint density at radius 2 is 1.92 bits per heavy atom. The van der Waals surface area contributed by atoms with Gasteiger partial charge in [-0.15, -0.1) is 0 Å². The van der Waals surface area contributed by atoms with E-state index in [2.05, 4.69) is 39.1 Å². The lowest BCUT2D eigenvalue weighted by atomic mass is 10.1. The maximum Gasteiger partial charge on any atom is 0.254 e. The van der Waals surface area contributed by atoms with Crippen molar-refractivity contribution >= 4 is 17.5 Å². The van der Waals surface area contributed by atoms with E-state index in [9.17, 15) is 9.59 Å². The number of carbonyl (C=O) groups is 2.